The number of likely N-dealkylation sites (tertiary alicyclic amines) is 1. The number of nitrogens with zero attached hydrogens (tertiary/aromatic N) is 1. The van der Waals surface area contributed by atoms with Crippen molar-refractivity contribution in [3.8, 4) is 0 Å². The summed E-state index contributed by atoms with van der Waals surface area (Å²) in [6, 6.07) is 5.51. The fraction of sp³-hybridized carbons (Fsp3) is 0.562. The molecule has 1 aliphatic rings. The molecule has 2 rings (SSSR count). The van der Waals surface area contributed by atoms with Crippen molar-refractivity contribution in [1.29, 1.82) is 0 Å². The highest BCUT2D eigenvalue weighted by Gasteiger charge is 2.29. The predicted octanol–water partition coefficient (Wildman–Crippen LogP) is 3.51. The van der Waals surface area contributed by atoms with Gasteiger partial charge in [0, 0.05) is 19.1 Å². The van der Waals surface area contributed by atoms with Crippen LogP contribution >= 0.6 is 23.2 Å². The minimum absolute atomic E-state index is 0.124. The van der Waals surface area contributed by atoms with E-state index in [-0.39, 0.29) is 11.9 Å². The summed E-state index contributed by atoms with van der Waals surface area (Å²) in [7, 11) is 0. The molecule has 21 heavy (non-hydrogen) atoms. The zero-order valence-corrected chi connectivity index (χ0v) is 13.8. The van der Waals surface area contributed by atoms with Gasteiger partial charge in [0.05, 0.1) is 16.5 Å². The number of amides is 1. The van der Waals surface area contributed by atoms with E-state index in [4.69, 9.17) is 28.9 Å². The Hall–Kier alpha value is -0.770. The third kappa shape index (κ3) is 4.12. The number of hydrogen-bond acceptors (Lipinski definition) is 2. The van der Waals surface area contributed by atoms with Crippen molar-refractivity contribution in [3.63, 3.8) is 0 Å². The minimum Gasteiger partial charge on any atom is -0.338 e. The molecule has 5 heteroatoms. The van der Waals surface area contributed by atoms with Gasteiger partial charge >= 0.3 is 0 Å². The summed E-state index contributed by atoms with van der Waals surface area (Å²) in [4.78, 5) is 14.5. The maximum Gasteiger partial charge on any atom is 0.227 e. The van der Waals surface area contributed by atoms with E-state index in [0.29, 0.717) is 28.9 Å². The second-order valence-electron chi connectivity index (χ2n) is 5.70. The molecule has 0 bridgehead atoms. The van der Waals surface area contributed by atoms with E-state index in [9.17, 15) is 4.79 Å². The lowest BCUT2D eigenvalue weighted by molar-refractivity contribution is -0.134. The molecule has 3 nitrogen and oxygen atoms in total. The lowest BCUT2D eigenvalue weighted by Gasteiger charge is -2.39. The van der Waals surface area contributed by atoms with E-state index >= 15 is 0 Å². The van der Waals surface area contributed by atoms with Crippen molar-refractivity contribution in [1.82, 2.24) is 4.90 Å². The van der Waals surface area contributed by atoms with Crippen LogP contribution in [-0.2, 0) is 11.2 Å². The second-order valence-corrected chi connectivity index (χ2v) is 6.51. The third-order valence-electron chi connectivity index (χ3n) is 4.33. The SMILES string of the molecule is CCC1CCN(C(=O)Cc2ccc(Cl)c(Cl)c2)C(CN)C1. The molecule has 0 radical (unpaired) electrons. The van der Waals surface area contributed by atoms with Gasteiger partial charge in [-0.2, -0.15) is 0 Å². The molecule has 2 atom stereocenters. The van der Waals surface area contributed by atoms with Crippen LogP contribution in [0.1, 0.15) is 31.7 Å². The van der Waals surface area contributed by atoms with Crippen LogP contribution in [0.3, 0.4) is 0 Å². The van der Waals surface area contributed by atoms with Gasteiger partial charge in [-0.3, -0.25) is 4.79 Å². The molecular weight excluding hydrogens is 307 g/mol. The van der Waals surface area contributed by atoms with Crippen molar-refractivity contribution in [2.24, 2.45) is 11.7 Å². The van der Waals surface area contributed by atoms with Crippen LogP contribution in [0.25, 0.3) is 0 Å². The summed E-state index contributed by atoms with van der Waals surface area (Å²) in [5, 5.41) is 0.999. The van der Waals surface area contributed by atoms with Crippen LogP contribution in [0.2, 0.25) is 10.0 Å². The fourth-order valence-electron chi connectivity index (χ4n) is 2.98. The molecule has 116 valence electrons. The quantitative estimate of drug-likeness (QED) is 0.919. The standard InChI is InChI=1S/C16H22Cl2N2O/c1-2-11-5-6-20(13(7-11)10-19)16(21)9-12-3-4-14(17)15(18)8-12/h3-4,8,11,13H,2,5-7,9-10,19H2,1H3. The number of piperidine rings is 1. The summed E-state index contributed by atoms with van der Waals surface area (Å²) in [5.74, 6) is 0.811. The summed E-state index contributed by atoms with van der Waals surface area (Å²) in [6.45, 7) is 3.54. The number of hydrogen-bond donors (Lipinski definition) is 1. The summed E-state index contributed by atoms with van der Waals surface area (Å²) >= 11 is 11.9. The molecule has 1 aliphatic heterocycles. The molecule has 2 unspecified atom stereocenters. The van der Waals surface area contributed by atoms with E-state index in [2.05, 4.69) is 6.92 Å². The van der Waals surface area contributed by atoms with Crippen molar-refractivity contribution >= 4 is 29.1 Å². The Bertz CT molecular complexity index is 507. The molecule has 1 aromatic carbocycles. The average Bonchev–Trinajstić information content (AvgIpc) is 2.50. The lowest BCUT2D eigenvalue weighted by Crippen LogP contribution is -2.50. The number of carbonyl (C=O) groups excluding carboxylic acids is 1. The van der Waals surface area contributed by atoms with Crippen LogP contribution in [0.4, 0.5) is 0 Å². The zero-order valence-electron chi connectivity index (χ0n) is 12.3. The predicted molar refractivity (Wildman–Crippen MR) is 87.7 cm³/mol. The molecule has 2 N–H and O–H groups in total. The van der Waals surface area contributed by atoms with Crippen molar-refractivity contribution in [2.45, 2.75) is 38.6 Å². The summed E-state index contributed by atoms with van der Waals surface area (Å²) in [5.41, 5.74) is 6.74. The molecule has 1 heterocycles. The van der Waals surface area contributed by atoms with E-state index in [1.165, 1.54) is 0 Å². The van der Waals surface area contributed by atoms with Crippen molar-refractivity contribution in [2.75, 3.05) is 13.1 Å². The Kier molecular flexibility index (Phi) is 5.91. The Morgan fingerprint density at radius 3 is 2.76 bits per heavy atom. The highest BCUT2D eigenvalue weighted by Crippen LogP contribution is 2.27. The van der Waals surface area contributed by atoms with Gasteiger partial charge < -0.3 is 10.6 Å². The maximum atomic E-state index is 12.5. The average molecular weight is 329 g/mol. The van der Waals surface area contributed by atoms with Crippen LogP contribution in [0.5, 0.6) is 0 Å². The van der Waals surface area contributed by atoms with Gasteiger partial charge in [0.1, 0.15) is 0 Å². The van der Waals surface area contributed by atoms with Gasteiger partial charge in [0.15, 0.2) is 0 Å². The fourth-order valence-corrected chi connectivity index (χ4v) is 3.30. The maximum absolute atomic E-state index is 12.5. The number of rotatable bonds is 4. The van der Waals surface area contributed by atoms with E-state index in [1.807, 2.05) is 11.0 Å². The Morgan fingerprint density at radius 2 is 2.14 bits per heavy atom. The van der Waals surface area contributed by atoms with Gasteiger partial charge in [0.25, 0.3) is 0 Å². The highest BCUT2D eigenvalue weighted by molar-refractivity contribution is 6.42. The molecular formula is C16H22Cl2N2O. The van der Waals surface area contributed by atoms with Gasteiger partial charge in [0.2, 0.25) is 5.91 Å². The molecule has 1 aromatic rings. The van der Waals surface area contributed by atoms with Crippen LogP contribution in [0, 0.1) is 5.92 Å². The number of benzene rings is 1. The number of carbonyl (C=O) groups is 1. The minimum atomic E-state index is 0.124. The van der Waals surface area contributed by atoms with Crippen LogP contribution in [-0.4, -0.2) is 29.9 Å². The van der Waals surface area contributed by atoms with Crippen LogP contribution < -0.4 is 5.73 Å². The number of nitrogens with two attached hydrogens (primary N) is 1. The first kappa shape index (κ1) is 16.6. The smallest absolute Gasteiger partial charge is 0.227 e. The highest BCUT2D eigenvalue weighted by atomic mass is 35.5. The Morgan fingerprint density at radius 1 is 1.38 bits per heavy atom. The van der Waals surface area contributed by atoms with Gasteiger partial charge in [-0.05, 0) is 36.5 Å². The molecule has 1 saturated heterocycles. The second kappa shape index (κ2) is 7.48. The topological polar surface area (TPSA) is 46.3 Å². The normalized spacial score (nSPS) is 22.4. The zero-order chi connectivity index (χ0) is 15.4. The first-order valence-electron chi connectivity index (χ1n) is 7.48. The van der Waals surface area contributed by atoms with Gasteiger partial charge in [-0.25, -0.2) is 0 Å². The lowest BCUT2D eigenvalue weighted by atomic mass is 9.88. The molecule has 0 spiro atoms. The molecule has 1 fully saturated rings. The Balaban J connectivity index is 2.03. The first-order valence-corrected chi connectivity index (χ1v) is 8.24. The van der Waals surface area contributed by atoms with E-state index in [0.717, 1.165) is 31.4 Å². The third-order valence-corrected chi connectivity index (χ3v) is 5.07. The Labute approximate surface area is 136 Å². The van der Waals surface area contributed by atoms with E-state index < -0.39 is 0 Å². The van der Waals surface area contributed by atoms with Crippen molar-refractivity contribution in [3.05, 3.63) is 33.8 Å². The van der Waals surface area contributed by atoms with Gasteiger partial charge in [-0.1, -0.05) is 42.6 Å². The first-order chi connectivity index (χ1) is 10.0. The molecule has 0 aromatic heterocycles. The molecule has 0 aliphatic carbocycles. The van der Waals surface area contributed by atoms with E-state index in [1.54, 1.807) is 12.1 Å². The molecule has 1 amide bonds. The number of halogens is 2. The monoisotopic (exact) mass is 328 g/mol. The summed E-state index contributed by atoms with van der Waals surface area (Å²) < 4.78 is 0. The largest absolute Gasteiger partial charge is 0.338 e. The summed E-state index contributed by atoms with van der Waals surface area (Å²) in [6.07, 6.45) is 3.59. The van der Waals surface area contributed by atoms with Crippen molar-refractivity contribution < 1.29 is 4.79 Å². The van der Waals surface area contributed by atoms with Gasteiger partial charge in [-0.15, -0.1) is 0 Å². The molecule has 0 saturated carbocycles. The van der Waals surface area contributed by atoms with Crippen LogP contribution in [0.15, 0.2) is 18.2 Å².